The zero-order valence-corrected chi connectivity index (χ0v) is 21.2. The molecule has 0 saturated heterocycles. The fourth-order valence-corrected chi connectivity index (χ4v) is 6.24. The Bertz CT molecular complexity index is 1270. The normalized spacial score (nSPS) is 11.4. The number of hydrogen-bond donors (Lipinski definition) is 3. The van der Waals surface area contributed by atoms with Crippen LogP contribution in [0.2, 0.25) is 0 Å². The summed E-state index contributed by atoms with van der Waals surface area (Å²) in [4.78, 5) is 23.9. The molecule has 35 heavy (non-hydrogen) atoms. The van der Waals surface area contributed by atoms with E-state index in [1.807, 2.05) is 4.72 Å². The Labute approximate surface area is 205 Å². The van der Waals surface area contributed by atoms with Gasteiger partial charge in [-0.2, -0.15) is 4.72 Å². The van der Waals surface area contributed by atoms with Gasteiger partial charge in [-0.05, 0) is 60.7 Å². The second-order valence-corrected chi connectivity index (χ2v) is 11.7. The third-order valence-corrected chi connectivity index (χ3v) is 8.17. The van der Waals surface area contributed by atoms with Crippen molar-refractivity contribution in [2.75, 3.05) is 32.6 Å². The van der Waals surface area contributed by atoms with Crippen molar-refractivity contribution in [3.05, 3.63) is 50.7 Å². The van der Waals surface area contributed by atoms with Gasteiger partial charge in [-0.25, -0.2) is 8.42 Å². The van der Waals surface area contributed by atoms with Crippen molar-refractivity contribution >= 4 is 29.0 Å². The van der Waals surface area contributed by atoms with Gasteiger partial charge in [-0.1, -0.05) is 10.2 Å². The molecule has 0 spiro atoms. The molecule has 2 rings (SSSR count). The van der Waals surface area contributed by atoms with Crippen LogP contribution >= 0.6 is 18.9 Å². The molecule has 0 amide bonds. The van der Waals surface area contributed by atoms with Gasteiger partial charge in [-0.15, -0.1) is 11.3 Å². The quantitative estimate of drug-likeness (QED) is 0.0967. The molecule has 0 bridgehead atoms. The molecule has 17 heteroatoms. The summed E-state index contributed by atoms with van der Waals surface area (Å²) in [5, 5.41) is 6.92. The minimum atomic E-state index is -4.55. The number of nitrogens with one attached hydrogen (secondary N) is 1. The summed E-state index contributed by atoms with van der Waals surface area (Å²) in [5.74, 6) is 0.883. The summed E-state index contributed by atoms with van der Waals surface area (Å²) >= 11 is 0.933. The highest BCUT2D eigenvalue weighted by Crippen LogP contribution is 2.41. The van der Waals surface area contributed by atoms with E-state index < -0.39 is 23.9 Å². The molecule has 0 fully saturated rings. The highest BCUT2D eigenvalue weighted by molar-refractivity contribution is 7.92. The Kier molecular flexibility index (Phi) is 10.8. The smallest absolute Gasteiger partial charge is 0.340 e. The molecule has 14 nitrogen and oxygen atoms in total. The van der Waals surface area contributed by atoms with E-state index in [4.69, 9.17) is 30.3 Å². The second-order valence-electron chi connectivity index (χ2n) is 6.97. The number of sulfonamides is 1. The number of benzene rings is 1. The molecule has 0 aliphatic carbocycles. The van der Waals surface area contributed by atoms with Crippen LogP contribution in [-0.4, -0.2) is 50.8 Å². The minimum Gasteiger partial charge on any atom is -0.490 e. The number of ether oxygens (including phenoxy) is 2. The Morgan fingerprint density at radius 2 is 1.69 bits per heavy atom. The van der Waals surface area contributed by atoms with Gasteiger partial charge in [0, 0.05) is 33.4 Å². The number of rotatable bonds is 15. The lowest BCUT2D eigenvalue weighted by molar-refractivity contribution is 0.264. The molecule has 0 radical (unpaired) electrons. The van der Waals surface area contributed by atoms with Gasteiger partial charge in [0.25, 0.3) is 10.0 Å². The lowest BCUT2D eigenvalue weighted by atomic mass is 10.1. The van der Waals surface area contributed by atoms with Crippen LogP contribution < -0.4 is 14.2 Å². The second kappa shape index (κ2) is 13.3. The standard InChI is InChI=1S/C18H24N7O7PS2/c1-13-14(16-6-7-17(34-16)35(29,30)23-12-33(26,27)28)4-5-15(31-10-2-8-21-24-19)18(13)32-11-3-9-22-25-20/h4-7,23H,2-3,8-12H2,1H3,(H2,26,27,28). The van der Waals surface area contributed by atoms with Crippen molar-refractivity contribution in [1.82, 2.24) is 4.72 Å². The molecule has 1 heterocycles. The van der Waals surface area contributed by atoms with Gasteiger partial charge in [-0.3, -0.25) is 4.57 Å². The van der Waals surface area contributed by atoms with Gasteiger partial charge < -0.3 is 19.3 Å². The Hall–Kier alpha value is -2.80. The first-order valence-electron chi connectivity index (χ1n) is 10.1. The van der Waals surface area contributed by atoms with E-state index >= 15 is 0 Å². The van der Waals surface area contributed by atoms with E-state index in [0.717, 1.165) is 11.3 Å². The average Bonchev–Trinajstić information content (AvgIpc) is 3.29. The molecule has 2 aromatic rings. The first-order chi connectivity index (χ1) is 16.6. The van der Waals surface area contributed by atoms with E-state index in [0.29, 0.717) is 40.3 Å². The summed E-state index contributed by atoms with van der Waals surface area (Å²) in [5.41, 5.74) is 18.1. The fourth-order valence-electron chi connectivity index (χ4n) is 2.79. The molecule has 0 unspecified atom stereocenters. The lowest BCUT2D eigenvalue weighted by Crippen LogP contribution is -2.23. The van der Waals surface area contributed by atoms with Crippen molar-refractivity contribution in [2.45, 2.75) is 24.0 Å². The third kappa shape index (κ3) is 9.06. The molecule has 3 N–H and O–H groups in total. The van der Waals surface area contributed by atoms with Crippen molar-refractivity contribution in [3.8, 4) is 21.9 Å². The molecule has 1 aromatic heterocycles. The van der Waals surface area contributed by atoms with Gasteiger partial charge in [0.1, 0.15) is 10.5 Å². The van der Waals surface area contributed by atoms with Crippen LogP contribution in [0.1, 0.15) is 18.4 Å². The van der Waals surface area contributed by atoms with E-state index in [9.17, 15) is 13.0 Å². The van der Waals surface area contributed by atoms with E-state index in [2.05, 4.69) is 20.1 Å². The SMILES string of the molecule is Cc1c(-c2ccc(S(=O)(=O)NCP(=O)(O)O)s2)ccc(OCCCN=[N+]=[N-])c1OCCCN=[N+]=[N-]. The maximum atomic E-state index is 12.4. The predicted octanol–water partition coefficient (Wildman–Crippen LogP) is 4.30. The van der Waals surface area contributed by atoms with Crippen LogP contribution in [0.4, 0.5) is 0 Å². The number of thiophene rings is 1. The van der Waals surface area contributed by atoms with Crippen LogP contribution in [0.15, 0.2) is 38.7 Å². The molecule has 0 saturated carbocycles. The largest absolute Gasteiger partial charge is 0.490 e. The number of hydrogen-bond acceptors (Lipinski definition) is 8. The van der Waals surface area contributed by atoms with Crippen LogP contribution in [0.5, 0.6) is 11.5 Å². The molecule has 0 aliphatic heterocycles. The highest BCUT2D eigenvalue weighted by Gasteiger charge is 2.23. The first-order valence-corrected chi connectivity index (χ1v) is 14.2. The molecular weight excluding hydrogens is 521 g/mol. The van der Waals surface area contributed by atoms with E-state index in [1.54, 1.807) is 25.1 Å². The third-order valence-electron chi connectivity index (χ3n) is 4.38. The zero-order chi connectivity index (χ0) is 25.9. The monoisotopic (exact) mass is 545 g/mol. The predicted molar refractivity (Wildman–Crippen MR) is 130 cm³/mol. The summed E-state index contributed by atoms with van der Waals surface area (Å²) in [6.45, 7) is 2.84. The maximum Gasteiger partial charge on any atom is 0.340 e. The van der Waals surface area contributed by atoms with Crippen LogP contribution in [0.25, 0.3) is 31.3 Å². The lowest BCUT2D eigenvalue weighted by Gasteiger charge is -2.17. The van der Waals surface area contributed by atoms with Gasteiger partial charge in [0.2, 0.25) is 0 Å². The number of azide groups is 2. The first kappa shape index (κ1) is 28.4. The van der Waals surface area contributed by atoms with Crippen molar-refractivity contribution in [1.29, 1.82) is 0 Å². The van der Waals surface area contributed by atoms with Gasteiger partial charge in [0.05, 0.1) is 13.2 Å². The Morgan fingerprint density at radius 1 is 1.06 bits per heavy atom. The van der Waals surface area contributed by atoms with Crippen LogP contribution in [0, 0.1) is 6.92 Å². The Morgan fingerprint density at radius 3 is 2.29 bits per heavy atom. The maximum absolute atomic E-state index is 12.4. The van der Waals surface area contributed by atoms with E-state index in [1.165, 1.54) is 6.07 Å². The molecule has 190 valence electrons. The number of nitrogens with zero attached hydrogens (tertiary/aromatic N) is 6. The average molecular weight is 546 g/mol. The van der Waals surface area contributed by atoms with Crippen molar-refractivity contribution in [2.24, 2.45) is 10.2 Å². The summed E-state index contributed by atoms with van der Waals surface area (Å²) in [6.07, 6.45) is -0.0350. The van der Waals surface area contributed by atoms with E-state index in [-0.39, 0.29) is 30.5 Å². The van der Waals surface area contributed by atoms with Crippen LogP contribution in [0.3, 0.4) is 0 Å². The highest BCUT2D eigenvalue weighted by atomic mass is 32.2. The fraction of sp³-hybridized carbons (Fsp3) is 0.444. The van der Waals surface area contributed by atoms with Crippen molar-refractivity contribution in [3.63, 3.8) is 0 Å². The van der Waals surface area contributed by atoms with Crippen molar-refractivity contribution < 1.29 is 32.2 Å². The van der Waals surface area contributed by atoms with Gasteiger partial charge in [0.15, 0.2) is 11.5 Å². The molecular formula is C18H24N7O7PS2. The molecule has 0 aliphatic rings. The zero-order valence-electron chi connectivity index (χ0n) is 18.6. The van der Waals surface area contributed by atoms with Crippen LogP contribution in [-0.2, 0) is 14.6 Å². The summed E-state index contributed by atoms with van der Waals surface area (Å²) in [6, 6.07) is 6.36. The summed E-state index contributed by atoms with van der Waals surface area (Å²) < 4.78 is 49.3. The molecule has 1 aromatic carbocycles. The summed E-state index contributed by atoms with van der Waals surface area (Å²) in [7, 11) is -8.66. The minimum absolute atomic E-state index is 0.101. The Balaban J connectivity index is 2.29. The topological polar surface area (TPSA) is 220 Å². The van der Waals surface area contributed by atoms with Gasteiger partial charge >= 0.3 is 7.60 Å². The molecule has 0 atom stereocenters.